The quantitative estimate of drug-likeness (QED) is 0.708. The fraction of sp³-hybridized carbons (Fsp3) is 0.750. The van der Waals surface area contributed by atoms with Crippen LogP contribution in [0.1, 0.15) is 20.3 Å². The van der Waals surface area contributed by atoms with Crippen molar-refractivity contribution in [3.8, 4) is 0 Å². The number of halogens is 1. The van der Waals surface area contributed by atoms with Crippen molar-refractivity contribution in [2.24, 2.45) is 0 Å². The van der Waals surface area contributed by atoms with Crippen molar-refractivity contribution >= 4 is 23.5 Å². The minimum atomic E-state index is -0.0759. The zero-order chi connectivity index (χ0) is 15.0. The highest BCUT2D eigenvalue weighted by Gasteiger charge is 2.13. The Kier molecular flexibility index (Phi) is 7.50. The van der Waals surface area contributed by atoms with E-state index in [0.717, 1.165) is 13.1 Å². The molecular formula is C12H22ClN5O2. The monoisotopic (exact) mass is 303 g/mol. The molecule has 1 heterocycles. The van der Waals surface area contributed by atoms with Gasteiger partial charge in [-0.15, -0.1) is 0 Å². The van der Waals surface area contributed by atoms with Crippen LogP contribution in [-0.2, 0) is 4.74 Å². The van der Waals surface area contributed by atoms with Crippen molar-refractivity contribution in [3.63, 3.8) is 0 Å². The Morgan fingerprint density at radius 1 is 1.30 bits per heavy atom. The Labute approximate surface area is 124 Å². The van der Waals surface area contributed by atoms with E-state index in [1.807, 2.05) is 18.7 Å². The van der Waals surface area contributed by atoms with Gasteiger partial charge in [-0.1, -0.05) is 0 Å². The third-order valence-electron chi connectivity index (χ3n) is 2.82. The first-order valence-corrected chi connectivity index (χ1v) is 7.05. The molecular weight excluding hydrogens is 282 g/mol. The number of nitrogens with one attached hydrogen (secondary N) is 1. The predicted octanol–water partition coefficient (Wildman–Crippen LogP) is 1.18. The van der Waals surface area contributed by atoms with Gasteiger partial charge in [0.2, 0.25) is 17.2 Å². The van der Waals surface area contributed by atoms with Crippen LogP contribution in [0, 0.1) is 0 Å². The lowest BCUT2D eigenvalue weighted by atomic mass is 10.2. The summed E-state index contributed by atoms with van der Waals surface area (Å²) >= 11 is 5.94. The maximum absolute atomic E-state index is 9.03. The number of ether oxygens (including phenoxy) is 1. The van der Waals surface area contributed by atoms with Crippen LogP contribution >= 0.6 is 11.6 Å². The molecule has 0 amide bonds. The number of aliphatic hydroxyl groups excluding tert-OH is 1. The van der Waals surface area contributed by atoms with Crippen LogP contribution in [0.2, 0.25) is 5.28 Å². The molecule has 7 nitrogen and oxygen atoms in total. The van der Waals surface area contributed by atoms with Gasteiger partial charge in [-0.25, -0.2) is 0 Å². The normalized spacial score (nSPS) is 12.2. The topological polar surface area (TPSA) is 83.4 Å². The highest BCUT2D eigenvalue weighted by Crippen LogP contribution is 2.14. The van der Waals surface area contributed by atoms with Gasteiger partial charge in [0.25, 0.3) is 0 Å². The Hall–Kier alpha value is -1.18. The minimum absolute atomic E-state index is 0.0583. The number of methoxy groups -OCH3 is 1. The molecule has 0 saturated carbocycles. The fourth-order valence-electron chi connectivity index (χ4n) is 1.79. The smallest absolute Gasteiger partial charge is 0.231 e. The van der Waals surface area contributed by atoms with E-state index in [9.17, 15) is 0 Å². The maximum Gasteiger partial charge on any atom is 0.231 e. The van der Waals surface area contributed by atoms with Crippen LogP contribution in [0.25, 0.3) is 0 Å². The van der Waals surface area contributed by atoms with Crippen LogP contribution < -0.4 is 10.2 Å². The summed E-state index contributed by atoms with van der Waals surface area (Å²) in [6, 6.07) is -0.0759. The molecule has 0 radical (unpaired) electrons. The number of aliphatic hydroxyl groups is 1. The molecule has 0 aromatic carbocycles. The number of hydrogen-bond donors (Lipinski definition) is 2. The number of nitrogens with zero attached hydrogens (tertiary/aromatic N) is 4. The van der Waals surface area contributed by atoms with Crippen molar-refractivity contribution in [2.45, 2.75) is 26.3 Å². The summed E-state index contributed by atoms with van der Waals surface area (Å²) in [5.41, 5.74) is 0. The molecule has 0 spiro atoms. The predicted molar refractivity (Wildman–Crippen MR) is 79.4 cm³/mol. The molecule has 0 saturated heterocycles. The second kappa shape index (κ2) is 8.89. The lowest BCUT2D eigenvalue weighted by Gasteiger charge is -2.20. The van der Waals surface area contributed by atoms with E-state index < -0.39 is 0 Å². The first kappa shape index (κ1) is 16.9. The molecule has 0 bridgehead atoms. The average Bonchev–Trinajstić information content (AvgIpc) is 2.40. The molecule has 114 valence electrons. The molecule has 1 aromatic rings. The minimum Gasteiger partial charge on any atom is -0.396 e. The van der Waals surface area contributed by atoms with Gasteiger partial charge in [0.1, 0.15) is 0 Å². The van der Waals surface area contributed by atoms with Crippen molar-refractivity contribution in [3.05, 3.63) is 5.28 Å². The van der Waals surface area contributed by atoms with Crippen LogP contribution in [0.15, 0.2) is 0 Å². The molecule has 0 fully saturated rings. The molecule has 0 aliphatic heterocycles. The number of rotatable bonds is 9. The summed E-state index contributed by atoms with van der Waals surface area (Å²) < 4.78 is 5.09. The van der Waals surface area contributed by atoms with E-state index in [4.69, 9.17) is 21.4 Å². The van der Waals surface area contributed by atoms with E-state index in [-0.39, 0.29) is 17.9 Å². The first-order valence-electron chi connectivity index (χ1n) is 6.67. The molecule has 1 unspecified atom stereocenters. The molecule has 2 N–H and O–H groups in total. The van der Waals surface area contributed by atoms with Crippen molar-refractivity contribution in [2.75, 3.05) is 43.6 Å². The van der Waals surface area contributed by atoms with E-state index in [1.54, 1.807) is 7.11 Å². The highest BCUT2D eigenvalue weighted by molar-refractivity contribution is 6.28. The lowest BCUT2D eigenvalue weighted by molar-refractivity contribution is 0.170. The van der Waals surface area contributed by atoms with Crippen LogP contribution in [0.5, 0.6) is 0 Å². The van der Waals surface area contributed by atoms with Crippen LogP contribution in [0.3, 0.4) is 0 Å². The van der Waals surface area contributed by atoms with Crippen molar-refractivity contribution in [1.82, 2.24) is 15.0 Å². The number of aromatic nitrogens is 3. The SMILES string of the molecule is CCN(CC)c1nc(Cl)nc(NC(CCO)COC)n1. The maximum atomic E-state index is 9.03. The van der Waals surface area contributed by atoms with Gasteiger partial charge in [-0.05, 0) is 31.9 Å². The third-order valence-corrected chi connectivity index (χ3v) is 2.99. The Morgan fingerprint density at radius 2 is 2.00 bits per heavy atom. The Balaban J connectivity index is 2.88. The summed E-state index contributed by atoms with van der Waals surface area (Å²) in [4.78, 5) is 14.5. The van der Waals surface area contributed by atoms with Crippen LogP contribution in [-0.4, -0.2) is 59.5 Å². The summed E-state index contributed by atoms with van der Waals surface area (Å²) in [5, 5.41) is 12.3. The highest BCUT2D eigenvalue weighted by atomic mass is 35.5. The molecule has 8 heteroatoms. The summed E-state index contributed by atoms with van der Waals surface area (Å²) in [5.74, 6) is 0.931. The number of hydrogen-bond acceptors (Lipinski definition) is 7. The zero-order valence-corrected chi connectivity index (χ0v) is 12.9. The van der Waals surface area contributed by atoms with Crippen LogP contribution in [0.4, 0.5) is 11.9 Å². The molecule has 1 atom stereocenters. The van der Waals surface area contributed by atoms with Gasteiger partial charge in [0.15, 0.2) is 0 Å². The molecule has 1 rings (SSSR count). The molecule has 0 aliphatic carbocycles. The van der Waals surface area contributed by atoms with Gasteiger partial charge in [0, 0.05) is 26.8 Å². The largest absolute Gasteiger partial charge is 0.396 e. The van der Waals surface area contributed by atoms with Gasteiger partial charge in [-0.2, -0.15) is 15.0 Å². The summed E-state index contributed by atoms with van der Waals surface area (Å²) in [6.07, 6.45) is 0.539. The first-order chi connectivity index (χ1) is 9.64. The van der Waals surface area contributed by atoms with Gasteiger partial charge >= 0.3 is 0 Å². The fourth-order valence-corrected chi connectivity index (χ4v) is 1.94. The lowest BCUT2D eigenvalue weighted by Crippen LogP contribution is -2.29. The summed E-state index contributed by atoms with van der Waals surface area (Å²) in [7, 11) is 1.60. The van der Waals surface area contributed by atoms with E-state index in [0.29, 0.717) is 24.9 Å². The molecule has 1 aromatic heterocycles. The van der Waals surface area contributed by atoms with E-state index in [1.165, 1.54) is 0 Å². The van der Waals surface area contributed by atoms with Gasteiger partial charge in [-0.3, -0.25) is 0 Å². The standard InChI is InChI=1S/C12H22ClN5O2/c1-4-18(5-2)12-16-10(13)15-11(17-12)14-9(6-7-19)8-20-3/h9,19H,4-8H2,1-3H3,(H,14,15,16,17). The Morgan fingerprint density at radius 3 is 2.55 bits per heavy atom. The summed E-state index contributed by atoms with van der Waals surface area (Å²) in [6.45, 7) is 6.12. The van der Waals surface area contributed by atoms with E-state index in [2.05, 4.69) is 20.3 Å². The second-order valence-electron chi connectivity index (χ2n) is 4.21. The zero-order valence-electron chi connectivity index (χ0n) is 12.1. The van der Waals surface area contributed by atoms with Crippen molar-refractivity contribution < 1.29 is 9.84 Å². The van der Waals surface area contributed by atoms with Crippen molar-refractivity contribution in [1.29, 1.82) is 0 Å². The van der Waals surface area contributed by atoms with Gasteiger partial charge in [0.05, 0.1) is 12.6 Å². The average molecular weight is 304 g/mol. The third kappa shape index (κ3) is 5.07. The van der Waals surface area contributed by atoms with E-state index >= 15 is 0 Å². The molecule has 20 heavy (non-hydrogen) atoms. The number of anilines is 2. The Bertz CT molecular complexity index is 397. The van der Waals surface area contributed by atoms with Gasteiger partial charge < -0.3 is 20.1 Å². The second-order valence-corrected chi connectivity index (χ2v) is 4.55. The molecule has 0 aliphatic rings.